The van der Waals surface area contributed by atoms with Crippen LogP contribution in [0.25, 0.3) is 10.9 Å². The minimum absolute atomic E-state index is 0.716. The Labute approximate surface area is 137 Å². The molecule has 3 aromatic rings. The van der Waals surface area contributed by atoms with E-state index in [2.05, 4.69) is 32.9 Å². The molecule has 0 radical (unpaired) electrons. The molecule has 4 heteroatoms. The van der Waals surface area contributed by atoms with Crippen molar-refractivity contribution in [2.45, 2.75) is 6.54 Å². The average Bonchev–Trinajstić information content (AvgIpc) is 2.48. The molecule has 0 fully saturated rings. The Hall–Kier alpha value is -1.66. The minimum Gasteiger partial charge on any atom is -0.457 e. The molecule has 0 aliphatic carbocycles. The molecule has 0 saturated heterocycles. The number of fused-ring (bicyclic) bond motifs is 1. The van der Waals surface area contributed by atoms with Crippen LogP contribution in [0.1, 0.15) is 5.69 Å². The van der Waals surface area contributed by atoms with E-state index in [0.29, 0.717) is 6.54 Å². The summed E-state index contributed by atoms with van der Waals surface area (Å²) in [4.78, 5) is 4.64. The smallest absolute Gasteiger partial charge is 0.138 e. The summed E-state index contributed by atoms with van der Waals surface area (Å²) in [6.07, 6.45) is 0. The zero-order valence-electron chi connectivity index (χ0n) is 11.6. The second-order valence-corrected chi connectivity index (χ2v) is 5.96. The van der Waals surface area contributed by atoms with E-state index in [-0.39, 0.29) is 0 Å². The molecule has 0 aliphatic heterocycles. The Morgan fingerprint density at radius 3 is 2.76 bits per heavy atom. The predicted octanol–water partition coefficient (Wildman–Crippen LogP) is 4.35. The standard InChI is InChI=1S/C17H15IN2O/c1-19-11-13-10-17(15-7-2-3-8-16(15)20-13)21-14-6-4-5-12(18)9-14/h2-10,19H,11H2,1H3. The van der Waals surface area contributed by atoms with Gasteiger partial charge < -0.3 is 10.1 Å². The van der Waals surface area contributed by atoms with Crippen LogP contribution in [0.5, 0.6) is 11.5 Å². The molecule has 0 aliphatic rings. The number of rotatable bonds is 4. The van der Waals surface area contributed by atoms with E-state index in [1.165, 1.54) is 0 Å². The van der Waals surface area contributed by atoms with Crippen LogP contribution in [0.2, 0.25) is 0 Å². The van der Waals surface area contributed by atoms with Crippen molar-refractivity contribution in [2.24, 2.45) is 0 Å². The number of aromatic nitrogens is 1. The lowest BCUT2D eigenvalue weighted by molar-refractivity contribution is 0.486. The normalized spacial score (nSPS) is 10.8. The molecule has 0 bridgehead atoms. The molecule has 0 spiro atoms. The number of hydrogen-bond donors (Lipinski definition) is 1. The van der Waals surface area contributed by atoms with Crippen molar-refractivity contribution >= 4 is 33.5 Å². The monoisotopic (exact) mass is 390 g/mol. The molecular formula is C17H15IN2O. The fourth-order valence-corrected chi connectivity index (χ4v) is 2.72. The SMILES string of the molecule is CNCc1cc(Oc2cccc(I)c2)c2ccccc2n1. The number of para-hydroxylation sites is 1. The lowest BCUT2D eigenvalue weighted by Gasteiger charge is -2.11. The van der Waals surface area contributed by atoms with E-state index < -0.39 is 0 Å². The van der Waals surface area contributed by atoms with Gasteiger partial charge in [-0.25, -0.2) is 0 Å². The molecule has 21 heavy (non-hydrogen) atoms. The summed E-state index contributed by atoms with van der Waals surface area (Å²) in [7, 11) is 1.91. The van der Waals surface area contributed by atoms with Gasteiger partial charge in [-0.3, -0.25) is 4.98 Å². The number of ether oxygens (including phenoxy) is 1. The highest BCUT2D eigenvalue weighted by Crippen LogP contribution is 2.30. The summed E-state index contributed by atoms with van der Waals surface area (Å²) in [6.45, 7) is 0.716. The van der Waals surface area contributed by atoms with Gasteiger partial charge in [0.05, 0.1) is 11.2 Å². The van der Waals surface area contributed by atoms with Gasteiger partial charge in [0.25, 0.3) is 0 Å². The van der Waals surface area contributed by atoms with Crippen molar-refractivity contribution in [3.05, 3.63) is 63.9 Å². The maximum Gasteiger partial charge on any atom is 0.138 e. The summed E-state index contributed by atoms with van der Waals surface area (Å²) in [5.41, 5.74) is 1.92. The van der Waals surface area contributed by atoms with Crippen molar-refractivity contribution in [1.82, 2.24) is 10.3 Å². The summed E-state index contributed by atoms with van der Waals surface area (Å²) in [5, 5.41) is 4.15. The Bertz CT molecular complexity index is 774. The van der Waals surface area contributed by atoms with Crippen LogP contribution in [0.15, 0.2) is 54.6 Å². The first-order chi connectivity index (χ1) is 10.3. The van der Waals surface area contributed by atoms with Crippen LogP contribution in [0.3, 0.4) is 0 Å². The molecule has 2 aromatic carbocycles. The molecule has 1 N–H and O–H groups in total. The molecule has 0 unspecified atom stereocenters. The van der Waals surface area contributed by atoms with E-state index >= 15 is 0 Å². The summed E-state index contributed by atoms with van der Waals surface area (Å²) in [6, 6.07) is 18.1. The predicted molar refractivity (Wildman–Crippen MR) is 93.7 cm³/mol. The van der Waals surface area contributed by atoms with Gasteiger partial charge in [-0.1, -0.05) is 18.2 Å². The molecule has 1 aromatic heterocycles. The highest BCUT2D eigenvalue weighted by atomic mass is 127. The molecular weight excluding hydrogens is 375 g/mol. The molecule has 0 saturated carbocycles. The third kappa shape index (κ3) is 3.33. The van der Waals surface area contributed by atoms with Gasteiger partial charge in [0.15, 0.2) is 0 Å². The van der Waals surface area contributed by atoms with Crippen LogP contribution < -0.4 is 10.1 Å². The number of nitrogens with one attached hydrogen (secondary N) is 1. The number of benzene rings is 2. The maximum atomic E-state index is 6.09. The van der Waals surface area contributed by atoms with Crippen LogP contribution in [0, 0.1) is 3.57 Å². The summed E-state index contributed by atoms with van der Waals surface area (Å²) in [5.74, 6) is 1.68. The number of nitrogens with zero attached hydrogens (tertiary/aromatic N) is 1. The van der Waals surface area contributed by atoms with E-state index in [4.69, 9.17) is 4.74 Å². The summed E-state index contributed by atoms with van der Waals surface area (Å²) >= 11 is 2.28. The Kier molecular flexibility index (Phi) is 4.36. The van der Waals surface area contributed by atoms with Crippen LogP contribution in [-0.4, -0.2) is 12.0 Å². The largest absolute Gasteiger partial charge is 0.457 e. The topological polar surface area (TPSA) is 34.1 Å². The highest BCUT2D eigenvalue weighted by molar-refractivity contribution is 14.1. The first-order valence-corrected chi connectivity index (χ1v) is 7.81. The zero-order chi connectivity index (χ0) is 14.7. The molecule has 1 heterocycles. The van der Waals surface area contributed by atoms with Gasteiger partial charge in [-0.05, 0) is 60.0 Å². The van der Waals surface area contributed by atoms with E-state index in [1.54, 1.807) is 0 Å². The first-order valence-electron chi connectivity index (χ1n) is 6.73. The van der Waals surface area contributed by atoms with Crippen LogP contribution in [0.4, 0.5) is 0 Å². The van der Waals surface area contributed by atoms with Crippen LogP contribution >= 0.6 is 22.6 Å². The zero-order valence-corrected chi connectivity index (χ0v) is 13.8. The maximum absolute atomic E-state index is 6.09. The average molecular weight is 390 g/mol. The number of pyridine rings is 1. The quantitative estimate of drug-likeness (QED) is 0.673. The minimum atomic E-state index is 0.716. The van der Waals surface area contributed by atoms with E-state index in [0.717, 1.165) is 31.7 Å². The number of halogens is 1. The molecule has 3 rings (SSSR count). The van der Waals surface area contributed by atoms with Crippen molar-refractivity contribution in [1.29, 1.82) is 0 Å². The van der Waals surface area contributed by atoms with Gasteiger partial charge in [0.1, 0.15) is 11.5 Å². The third-order valence-electron chi connectivity index (χ3n) is 3.11. The molecule has 0 amide bonds. The van der Waals surface area contributed by atoms with Crippen LogP contribution in [-0.2, 0) is 6.54 Å². The van der Waals surface area contributed by atoms with Crippen molar-refractivity contribution in [2.75, 3.05) is 7.05 Å². The first kappa shape index (κ1) is 14.3. The lowest BCUT2D eigenvalue weighted by Crippen LogP contribution is -2.07. The van der Waals surface area contributed by atoms with Crippen molar-refractivity contribution in [3.8, 4) is 11.5 Å². The van der Waals surface area contributed by atoms with E-state index in [1.807, 2.05) is 61.6 Å². The Morgan fingerprint density at radius 1 is 1.10 bits per heavy atom. The number of hydrogen-bond acceptors (Lipinski definition) is 3. The second-order valence-electron chi connectivity index (χ2n) is 4.72. The van der Waals surface area contributed by atoms with Crippen molar-refractivity contribution < 1.29 is 4.74 Å². The summed E-state index contributed by atoms with van der Waals surface area (Å²) < 4.78 is 7.24. The van der Waals surface area contributed by atoms with E-state index in [9.17, 15) is 0 Å². The lowest BCUT2D eigenvalue weighted by atomic mass is 10.2. The Morgan fingerprint density at radius 2 is 1.95 bits per heavy atom. The highest BCUT2D eigenvalue weighted by Gasteiger charge is 2.07. The molecule has 0 atom stereocenters. The molecule has 106 valence electrons. The van der Waals surface area contributed by atoms with Gasteiger partial charge in [0.2, 0.25) is 0 Å². The second kappa shape index (κ2) is 6.41. The van der Waals surface area contributed by atoms with Crippen molar-refractivity contribution in [3.63, 3.8) is 0 Å². The molecule has 3 nitrogen and oxygen atoms in total. The Balaban J connectivity index is 2.07. The van der Waals surface area contributed by atoms with Gasteiger partial charge in [-0.15, -0.1) is 0 Å². The third-order valence-corrected chi connectivity index (χ3v) is 3.78. The van der Waals surface area contributed by atoms with Gasteiger partial charge >= 0.3 is 0 Å². The van der Waals surface area contributed by atoms with Gasteiger partial charge in [0, 0.05) is 21.6 Å². The van der Waals surface area contributed by atoms with Gasteiger partial charge in [-0.2, -0.15) is 0 Å². The fourth-order valence-electron chi connectivity index (χ4n) is 2.21. The fraction of sp³-hybridized carbons (Fsp3) is 0.118.